The molecule has 0 aliphatic carbocycles. The lowest BCUT2D eigenvalue weighted by Crippen LogP contribution is -2.09. The number of methoxy groups -OCH3 is 1. The van der Waals surface area contributed by atoms with Crippen molar-refractivity contribution in [2.45, 2.75) is 26.7 Å². The van der Waals surface area contributed by atoms with Crippen molar-refractivity contribution in [2.24, 2.45) is 10.2 Å². The number of aromatic amines is 1. The number of nitrogens with zero attached hydrogens (tertiary/aromatic N) is 2. The molecule has 0 saturated carbocycles. The van der Waals surface area contributed by atoms with E-state index in [1.54, 1.807) is 25.3 Å². The van der Waals surface area contributed by atoms with Gasteiger partial charge >= 0.3 is 5.91 Å². The van der Waals surface area contributed by atoms with Crippen molar-refractivity contribution >= 4 is 22.5 Å². The Bertz CT molecular complexity index is 1040. The number of carbonyl (C=O) groups excluding carboxylic acids is 1. The number of ether oxygens (including phenoxy) is 2. The lowest BCUT2D eigenvalue weighted by atomic mass is 10.0. The van der Waals surface area contributed by atoms with Crippen molar-refractivity contribution in [3.05, 3.63) is 47.5 Å². The fourth-order valence-electron chi connectivity index (χ4n) is 2.89. The SMILES string of the molecule is COc1ccc2[nH]c(O)c(N=NC(=O)COc3cc(C)ccc3C(C)C)c2c1. The summed E-state index contributed by atoms with van der Waals surface area (Å²) in [6.07, 6.45) is 0. The van der Waals surface area contributed by atoms with E-state index in [9.17, 15) is 9.90 Å². The van der Waals surface area contributed by atoms with E-state index >= 15 is 0 Å². The zero-order valence-corrected chi connectivity index (χ0v) is 16.3. The normalized spacial score (nSPS) is 11.5. The van der Waals surface area contributed by atoms with Crippen LogP contribution in [0.4, 0.5) is 5.69 Å². The molecule has 0 atom stereocenters. The van der Waals surface area contributed by atoms with Gasteiger partial charge in [-0.1, -0.05) is 26.0 Å². The second-order valence-corrected chi connectivity index (χ2v) is 6.81. The van der Waals surface area contributed by atoms with Gasteiger partial charge in [0.05, 0.1) is 12.6 Å². The molecule has 1 aromatic heterocycles. The van der Waals surface area contributed by atoms with Crippen molar-refractivity contribution in [1.82, 2.24) is 4.98 Å². The van der Waals surface area contributed by atoms with E-state index in [1.165, 1.54) is 0 Å². The minimum absolute atomic E-state index is 0.165. The van der Waals surface area contributed by atoms with Crippen LogP contribution in [0, 0.1) is 6.92 Å². The molecule has 0 aliphatic heterocycles. The summed E-state index contributed by atoms with van der Waals surface area (Å²) in [5, 5.41) is 18.3. The zero-order valence-electron chi connectivity index (χ0n) is 16.3. The minimum Gasteiger partial charge on any atom is -0.497 e. The van der Waals surface area contributed by atoms with E-state index in [0.29, 0.717) is 22.4 Å². The van der Waals surface area contributed by atoms with Gasteiger partial charge < -0.3 is 19.6 Å². The molecule has 0 saturated heterocycles. The van der Waals surface area contributed by atoms with Crippen LogP contribution >= 0.6 is 0 Å². The number of hydrogen-bond acceptors (Lipinski definition) is 5. The fourth-order valence-corrected chi connectivity index (χ4v) is 2.89. The number of aryl methyl sites for hydroxylation is 1. The third-order valence-corrected chi connectivity index (χ3v) is 4.36. The third-order valence-electron chi connectivity index (χ3n) is 4.36. The van der Waals surface area contributed by atoms with Crippen LogP contribution in [0.1, 0.15) is 30.9 Å². The fraction of sp³-hybridized carbons (Fsp3) is 0.286. The van der Waals surface area contributed by atoms with Crippen LogP contribution in [0.2, 0.25) is 0 Å². The molecule has 0 fully saturated rings. The lowest BCUT2D eigenvalue weighted by Gasteiger charge is -2.13. The van der Waals surface area contributed by atoms with Gasteiger partial charge in [-0.05, 0) is 48.2 Å². The van der Waals surface area contributed by atoms with E-state index < -0.39 is 5.91 Å². The first kappa shape index (κ1) is 19.4. The second kappa shape index (κ2) is 8.12. The number of azo groups is 1. The van der Waals surface area contributed by atoms with E-state index in [2.05, 4.69) is 29.1 Å². The van der Waals surface area contributed by atoms with Crippen molar-refractivity contribution < 1.29 is 19.4 Å². The highest BCUT2D eigenvalue weighted by Gasteiger charge is 2.13. The van der Waals surface area contributed by atoms with Crippen LogP contribution in [0.3, 0.4) is 0 Å². The van der Waals surface area contributed by atoms with Gasteiger partial charge in [-0.2, -0.15) is 0 Å². The molecule has 146 valence electrons. The van der Waals surface area contributed by atoms with Gasteiger partial charge in [0.25, 0.3) is 0 Å². The topological polar surface area (TPSA) is 96.3 Å². The molecule has 0 bridgehead atoms. The Labute approximate surface area is 163 Å². The number of fused-ring (bicyclic) bond motifs is 1. The lowest BCUT2D eigenvalue weighted by molar-refractivity contribution is -0.120. The van der Waals surface area contributed by atoms with Crippen molar-refractivity contribution in [3.63, 3.8) is 0 Å². The summed E-state index contributed by atoms with van der Waals surface area (Å²) in [5.41, 5.74) is 2.92. The number of H-pyrrole nitrogens is 1. The molecule has 7 heteroatoms. The average molecular weight is 381 g/mol. The Morgan fingerprint density at radius 2 is 2.00 bits per heavy atom. The Kier molecular flexibility index (Phi) is 5.63. The molecular weight excluding hydrogens is 358 g/mol. The van der Waals surface area contributed by atoms with E-state index in [-0.39, 0.29) is 24.1 Å². The molecule has 3 aromatic rings. The van der Waals surface area contributed by atoms with Crippen molar-refractivity contribution in [1.29, 1.82) is 0 Å². The summed E-state index contributed by atoms with van der Waals surface area (Å²) < 4.78 is 10.9. The molecule has 1 heterocycles. The first-order valence-corrected chi connectivity index (χ1v) is 8.95. The molecule has 3 rings (SSSR count). The summed E-state index contributed by atoms with van der Waals surface area (Å²) in [7, 11) is 1.55. The minimum atomic E-state index is -0.548. The standard InChI is InChI=1S/C21H23N3O4/c1-12(2)15-7-5-13(3)9-18(15)28-11-19(25)23-24-20-16-10-14(27-4)6-8-17(16)22-21(20)26/h5-10,12,22,26H,11H2,1-4H3. The van der Waals surface area contributed by atoms with Crippen molar-refractivity contribution in [2.75, 3.05) is 13.7 Å². The van der Waals surface area contributed by atoms with Crippen LogP contribution in [-0.4, -0.2) is 29.7 Å². The Morgan fingerprint density at radius 3 is 2.71 bits per heavy atom. The largest absolute Gasteiger partial charge is 0.497 e. The van der Waals surface area contributed by atoms with Crippen LogP contribution < -0.4 is 9.47 Å². The quantitative estimate of drug-likeness (QED) is 0.587. The second-order valence-electron chi connectivity index (χ2n) is 6.81. The highest BCUT2D eigenvalue weighted by molar-refractivity contribution is 5.95. The molecule has 28 heavy (non-hydrogen) atoms. The third kappa shape index (κ3) is 4.14. The highest BCUT2D eigenvalue weighted by Crippen LogP contribution is 2.37. The monoisotopic (exact) mass is 381 g/mol. The molecule has 7 nitrogen and oxygen atoms in total. The predicted molar refractivity (Wildman–Crippen MR) is 107 cm³/mol. The number of carbonyl (C=O) groups is 1. The van der Waals surface area contributed by atoms with E-state index in [1.807, 2.05) is 25.1 Å². The number of nitrogens with one attached hydrogen (secondary N) is 1. The Morgan fingerprint density at radius 1 is 1.21 bits per heavy atom. The summed E-state index contributed by atoms with van der Waals surface area (Å²) in [6.45, 7) is 5.85. The number of aromatic nitrogens is 1. The van der Waals surface area contributed by atoms with Crippen LogP contribution in [-0.2, 0) is 4.79 Å². The van der Waals surface area contributed by atoms with Gasteiger partial charge in [0.15, 0.2) is 12.3 Å². The maximum absolute atomic E-state index is 12.1. The van der Waals surface area contributed by atoms with Crippen LogP contribution in [0.15, 0.2) is 46.6 Å². The Hall–Kier alpha value is -3.35. The van der Waals surface area contributed by atoms with Gasteiger partial charge in [0, 0.05) is 5.39 Å². The summed E-state index contributed by atoms with van der Waals surface area (Å²) in [4.78, 5) is 14.9. The van der Waals surface area contributed by atoms with Gasteiger partial charge in [-0.15, -0.1) is 10.2 Å². The molecule has 0 unspecified atom stereocenters. The van der Waals surface area contributed by atoms with Crippen LogP contribution in [0.25, 0.3) is 10.9 Å². The first-order chi connectivity index (χ1) is 13.4. The summed E-state index contributed by atoms with van der Waals surface area (Å²) in [6, 6.07) is 11.1. The maximum atomic E-state index is 12.1. The Balaban J connectivity index is 1.76. The first-order valence-electron chi connectivity index (χ1n) is 8.95. The zero-order chi connectivity index (χ0) is 20.3. The highest BCUT2D eigenvalue weighted by atomic mass is 16.5. The molecule has 0 spiro atoms. The summed E-state index contributed by atoms with van der Waals surface area (Å²) >= 11 is 0. The van der Waals surface area contributed by atoms with Gasteiger partial charge in [0.2, 0.25) is 5.88 Å². The maximum Gasteiger partial charge on any atom is 0.302 e. The van der Waals surface area contributed by atoms with E-state index in [0.717, 1.165) is 11.1 Å². The molecule has 2 aromatic carbocycles. The smallest absolute Gasteiger partial charge is 0.302 e. The number of aromatic hydroxyl groups is 1. The van der Waals surface area contributed by atoms with E-state index in [4.69, 9.17) is 9.47 Å². The molecular formula is C21H23N3O4. The van der Waals surface area contributed by atoms with Gasteiger partial charge in [-0.25, -0.2) is 0 Å². The molecule has 0 aliphatic rings. The number of hydrogen-bond donors (Lipinski definition) is 2. The van der Waals surface area contributed by atoms with Crippen molar-refractivity contribution in [3.8, 4) is 17.4 Å². The molecule has 1 amide bonds. The van der Waals surface area contributed by atoms with Gasteiger partial charge in [-0.3, -0.25) is 4.79 Å². The average Bonchev–Trinajstić information content (AvgIpc) is 2.98. The molecule has 0 radical (unpaired) electrons. The number of rotatable bonds is 6. The van der Waals surface area contributed by atoms with Crippen LogP contribution in [0.5, 0.6) is 17.4 Å². The summed E-state index contributed by atoms with van der Waals surface area (Å²) in [5.74, 6) is 0.830. The van der Waals surface area contributed by atoms with Gasteiger partial charge in [0.1, 0.15) is 11.5 Å². The number of amides is 1. The molecule has 2 N–H and O–H groups in total. The predicted octanol–water partition coefficient (Wildman–Crippen LogP) is 5.00. The number of benzene rings is 2.